The van der Waals surface area contributed by atoms with E-state index < -0.39 is 21.7 Å². The van der Waals surface area contributed by atoms with Crippen molar-refractivity contribution in [3.8, 4) is 0 Å². The Morgan fingerprint density at radius 3 is 2.68 bits per heavy atom. The summed E-state index contributed by atoms with van der Waals surface area (Å²) in [5.74, 6) is 0.120. The second kappa shape index (κ2) is 6.57. The first-order chi connectivity index (χ1) is 13.1. The molecule has 2 saturated heterocycles. The third kappa shape index (κ3) is 3.23. The second-order valence-corrected chi connectivity index (χ2v) is 10.6. The summed E-state index contributed by atoms with van der Waals surface area (Å²) in [6.07, 6.45) is 2.64. The first kappa shape index (κ1) is 19.4. The Morgan fingerprint density at radius 2 is 1.96 bits per heavy atom. The maximum absolute atomic E-state index is 13.3. The largest absolute Gasteiger partial charge is 0.444 e. The number of benzene rings is 1. The first-order valence-electron chi connectivity index (χ1n) is 9.10. The van der Waals surface area contributed by atoms with Crippen LogP contribution in [0.4, 0.5) is 4.79 Å². The third-order valence-corrected chi connectivity index (χ3v) is 7.31. The summed E-state index contributed by atoms with van der Waals surface area (Å²) in [7, 11) is -3.76. The van der Waals surface area contributed by atoms with Gasteiger partial charge < -0.3 is 9.64 Å². The highest BCUT2D eigenvalue weighted by atomic mass is 35.5. The van der Waals surface area contributed by atoms with Crippen LogP contribution in [0.2, 0.25) is 5.02 Å². The molecular formula is C19H22ClN3O4S. The van der Waals surface area contributed by atoms with Gasteiger partial charge in [0, 0.05) is 48.7 Å². The molecule has 9 heteroatoms. The van der Waals surface area contributed by atoms with Crippen LogP contribution in [0.3, 0.4) is 0 Å². The number of nitrogens with zero attached hydrogens (tertiary/aromatic N) is 3. The topological polar surface area (TPSA) is 79.8 Å². The minimum atomic E-state index is -3.76. The number of carbonyl (C=O) groups excluding carboxylic acids is 1. The van der Waals surface area contributed by atoms with Crippen LogP contribution in [0.25, 0.3) is 10.8 Å². The summed E-state index contributed by atoms with van der Waals surface area (Å²) in [6.45, 7) is 6.58. The van der Waals surface area contributed by atoms with Crippen LogP contribution in [0.1, 0.15) is 20.8 Å². The molecule has 0 spiro atoms. The van der Waals surface area contributed by atoms with Crippen molar-refractivity contribution in [2.75, 3.05) is 19.6 Å². The van der Waals surface area contributed by atoms with E-state index in [4.69, 9.17) is 16.3 Å². The molecule has 3 heterocycles. The summed E-state index contributed by atoms with van der Waals surface area (Å²) in [6, 6.07) is 4.88. The van der Waals surface area contributed by atoms with Crippen LogP contribution < -0.4 is 0 Å². The van der Waals surface area contributed by atoms with E-state index in [9.17, 15) is 13.2 Å². The lowest BCUT2D eigenvalue weighted by Gasteiger charge is -2.43. The monoisotopic (exact) mass is 423 g/mol. The van der Waals surface area contributed by atoms with Gasteiger partial charge in [0.1, 0.15) is 5.60 Å². The number of fused-ring (bicyclic) bond motifs is 2. The lowest BCUT2D eigenvalue weighted by molar-refractivity contribution is -0.0164. The second-order valence-electron chi connectivity index (χ2n) is 8.26. The van der Waals surface area contributed by atoms with Gasteiger partial charge in [-0.15, -0.1) is 0 Å². The Morgan fingerprint density at radius 1 is 1.21 bits per heavy atom. The zero-order valence-corrected chi connectivity index (χ0v) is 17.5. The van der Waals surface area contributed by atoms with Crippen LogP contribution in [-0.2, 0) is 14.8 Å². The molecule has 7 nitrogen and oxygen atoms in total. The number of aromatic nitrogens is 1. The Labute approximate surface area is 169 Å². The summed E-state index contributed by atoms with van der Waals surface area (Å²) in [5.41, 5.74) is -0.583. The van der Waals surface area contributed by atoms with Crippen LogP contribution in [0.5, 0.6) is 0 Å². The van der Waals surface area contributed by atoms with Gasteiger partial charge in [-0.25, -0.2) is 13.2 Å². The lowest BCUT2D eigenvalue weighted by atomic mass is 9.93. The van der Waals surface area contributed by atoms with Crippen molar-refractivity contribution < 1.29 is 17.9 Å². The molecular weight excluding hydrogens is 402 g/mol. The number of hydrogen-bond donors (Lipinski definition) is 0. The maximum Gasteiger partial charge on any atom is 0.410 e. The number of rotatable bonds is 2. The summed E-state index contributed by atoms with van der Waals surface area (Å²) >= 11 is 6.26. The van der Waals surface area contributed by atoms with Crippen molar-refractivity contribution in [1.29, 1.82) is 0 Å². The molecule has 2 atom stereocenters. The predicted molar refractivity (Wildman–Crippen MR) is 106 cm³/mol. The number of likely N-dealkylation sites (tertiary alicyclic amines) is 1. The van der Waals surface area contributed by atoms with E-state index in [0.717, 1.165) is 0 Å². The zero-order chi connectivity index (χ0) is 20.3. The van der Waals surface area contributed by atoms with E-state index in [1.54, 1.807) is 29.3 Å². The molecule has 2 unspecified atom stereocenters. The average molecular weight is 424 g/mol. The zero-order valence-electron chi connectivity index (χ0n) is 15.9. The number of amides is 1. The van der Waals surface area contributed by atoms with Gasteiger partial charge in [0.05, 0.1) is 16.0 Å². The molecule has 2 fully saturated rings. The number of pyridine rings is 1. The summed E-state index contributed by atoms with van der Waals surface area (Å²) < 4.78 is 33.5. The van der Waals surface area contributed by atoms with Crippen LogP contribution >= 0.6 is 11.6 Å². The van der Waals surface area contributed by atoms with Crippen molar-refractivity contribution in [3.63, 3.8) is 0 Å². The average Bonchev–Trinajstić information content (AvgIpc) is 2.90. The normalized spacial score (nSPS) is 22.8. The molecule has 0 saturated carbocycles. The van der Waals surface area contributed by atoms with E-state index >= 15 is 0 Å². The molecule has 0 aliphatic carbocycles. The van der Waals surface area contributed by atoms with Gasteiger partial charge in [0.25, 0.3) is 0 Å². The molecule has 1 aromatic carbocycles. The molecule has 1 aromatic heterocycles. The van der Waals surface area contributed by atoms with Crippen molar-refractivity contribution in [3.05, 3.63) is 35.6 Å². The van der Waals surface area contributed by atoms with Gasteiger partial charge in [-0.3, -0.25) is 4.98 Å². The Hall–Kier alpha value is -1.90. The van der Waals surface area contributed by atoms with Gasteiger partial charge in [0.2, 0.25) is 10.0 Å². The van der Waals surface area contributed by atoms with Crippen LogP contribution in [0, 0.1) is 5.92 Å². The number of hydrogen-bond acceptors (Lipinski definition) is 5. The van der Waals surface area contributed by atoms with E-state index in [2.05, 4.69) is 4.98 Å². The molecule has 0 radical (unpaired) electrons. The molecule has 28 heavy (non-hydrogen) atoms. The number of ether oxygens (including phenoxy) is 1. The Bertz CT molecular complexity index is 1050. The third-order valence-electron chi connectivity index (χ3n) is 5.15. The highest BCUT2D eigenvalue weighted by Crippen LogP contribution is 2.38. The molecule has 0 N–H and O–H groups in total. The summed E-state index contributed by atoms with van der Waals surface area (Å²) in [4.78, 5) is 18.2. The highest BCUT2D eigenvalue weighted by molar-refractivity contribution is 7.89. The molecule has 150 valence electrons. The fraction of sp³-hybridized carbons (Fsp3) is 0.474. The maximum atomic E-state index is 13.3. The van der Waals surface area contributed by atoms with Crippen LogP contribution in [-0.4, -0.2) is 60.0 Å². The lowest BCUT2D eigenvalue weighted by Crippen LogP contribution is -2.59. The van der Waals surface area contributed by atoms with E-state index in [1.807, 2.05) is 20.8 Å². The van der Waals surface area contributed by atoms with Crippen molar-refractivity contribution in [2.45, 2.75) is 37.3 Å². The Kier molecular flexibility index (Phi) is 4.56. The fourth-order valence-corrected chi connectivity index (χ4v) is 5.91. The predicted octanol–water partition coefficient (Wildman–Crippen LogP) is 3.13. The number of halogens is 1. The molecule has 2 aliphatic rings. The molecule has 1 amide bonds. The van der Waals surface area contributed by atoms with Gasteiger partial charge >= 0.3 is 6.09 Å². The number of carbonyl (C=O) groups is 1. The first-order valence-corrected chi connectivity index (χ1v) is 10.9. The standard InChI is InChI=1S/C19H22ClN3O4S/c1-19(2,3)27-18(24)23-10-13-9-22(11-15(13)23)28(25,26)16-6-4-5-12-7-21-8-14(20)17(12)16/h4-8,13,15H,9-11H2,1-3H3. The summed E-state index contributed by atoms with van der Waals surface area (Å²) in [5, 5.41) is 1.45. The van der Waals surface area contributed by atoms with Gasteiger partial charge in [0.15, 0.2) is 0 Å². The smallest absolute Gasteiger partial charge is 0.410 e. The minimum Gasteiger partial charge on any atom is -0.444 e. The SMILES string of the molecule is CC(C)(C)OC(=O)N1CC2CN(S(=O)(=O)c3cccc4cncc(Cl)c34)CC21. The van der Waals surface area contributed by atoms with Crippen molar-refractivity contribution in [1.82, 2.24) is 14.2 Å². The quantitative estimate of drug-likeness (QED) is 0.741. The molecule has 2 aliphatic heterocycles. The van der Waals surface area contributed by atoms with E-state index in [0.29, 0.717) is 28.9 Å². The van der Waals surface area contributed by atoms with Crippen molar-refractivity contribution >= 4 is 38.5 Å². The minimum absolute atomic E-state index is 0.120. The molecule has 2 aromatic rings. The number of sulfonamides is 1. The van der Waals surface area contributed by atoms with Crippen molar-refractivity contribution in [2.24, 2.45) is 5.92 Å². The highest BCUT2D eigenvalue weighted by Gasteiger charge is 2.52. The van der Waals surface area contributed by atoms with Gasteiger partial charge in [-0.05, 0) is 26.8 Å². The van der Waals surface area contributed by atoms with Gasteiger partial charge in [-0.1, -0.05) is 23.7 Å². The molecule has 0 bridgehead atoms. The van der Waals surface area contributed by atoms with Crippen LogP contribution in [0.15, 0.2) is 35.5 Å². The van der Waals surface area contributed by atoms with E-state index in [1.165, 1.54) is 10.5 Å². The van der Waals surface area contributed by atoms with Gasteiger partial charge in [-0.2, -0.15) is 4.31 Å². The fourth-order valence-electron chi connectivity index (χ4n) is 3.84. The molecule has 4 rings (SSSR count). The Balaban J connectivity index is 1.59. The van der Waals surface area contributed by atoms with E-state index in [-0.39, 0.29) is 23.4 Å².